The van der Waals surface area contributed by atoms with E-state index in [0.29, 0.717) is 0 Å². The monoisotopic (exact) mass is 1010 g/mol. The van der Waals surface area contributed by atoms with Crippen LogP contribution in [0.1, 0.15) is 11.1 Å². The number of anilines is 6. The third kappa shape index (κ3) is 8.42. The standard InChI is InChI=1S/C75H52N2S/c1-78-63-45-42-61(43-46-63)76(59-24-6-3-7-25-59)74-67-28-14-16-30-69(67)75(70-31-17-15-29-68(70)74)77(60-40-34-52(35-41-60)33-32-51-18-4-2-5-19-51)62-44-47-66-71(50-62)73(58-39-37-54-21-9-11-23-56(54)49-58)65-27-13-12-26-64(65)72(66)57-38-36-53-20-8-10-22-55(53)48-57/h2-50H,1H3/b33-32+. The molecule has 0 fully saturated rings. The van der Waals surface area contributed by atoms with Gasteiger partial charge in [0.25, 0.3) is 0 Å². The maximum Gasteiger partial charge on any atom is 0.0619 e. The summed E-state index contributed by atoms with van der Waals surface area (Å²) in [5.74, 6) is 0. The summed E-state index contributed by atoms with van der Waals surface area (Å²) in [4.78, 5) is 6.20. The second-order valence-electron chi connectivity index (χ2n) is 20.0. The van der Waals surface area contributed by atoms with Gasteiger partial charge in [0.05, 0.1) is 11.4 Å². The van der Waals surface area contributed by atoms with Crippen LogP contribution in [-0.2, 0) is 0 Å². The molecule has 0 unspecified atom stereocenters. The molecule has 0 radical (unpaired) electrons. The molecule has 0 aliphatic carbocycles. The van der Waals surface area contributed by atoms with Crippen LogP contribution >= 0.6 is 11.8 Å². The van der Waals surface area contributed by atoms with Crippen molar-refractivity contribution in [1.29, 1.82) is 0 Å². The minimum absolute atomic E-state index is 1.06. The van der Waals surface area contributed by atoms with E-state index >= 15 is 0 Å². The van der Waals surface area contributed by atoms with E-state index < -0.39 is 0 Å². The van der Waals surface area contributed by atoms with E-state index in [-0.39, 0.29) is 0 Å². The highest BCUT2D eigenvalue weighted by Gasteiger charge is 2.27. The van der Waals surface area contributed by atoms with Gasteiger partial charge >= 0.3 is 0 Å². The zero-order chi connectivity index (χ0) is 51.9. The van der Waals surface area contributed by atoms with Gasteiger partial charge in [-0.25, -0.2) is 0 Å². The Morgan fingerprint density at radius 2 is 0.641 bits per heavy atom. The number of benzene rings is 14. The molecule has 0 aliphatic rings. The Morgan fingerprint density at radius 1 is 0.269 bits per heavy atom. The largest absolute Gasteiger partial charge is 0.309 e. The lowest BCUT2D eigenvalue weighted by Crippen LogP contribution is -2.14. The molecule has 0 saturated carbocycles. The lowest BCUT2D eigenvalue weighted by atomic mass is 9.85. The maximum atomic E-state index is 2.52. The zero-order valence-electron chi connectivity index (χ0n) is 43.1. The molecule has 14 rings (SSSR count). The molecule has 14 aromatic carbocycles. The molecule has 78 heavy (non-hydrogen) atoms. The molecule has 2 nitrogen and oxygen atoms in total. The average Bonchev–Trinajstić information content (AvgIpc) is 3.64. The van der Waals surface area contributed by atoms with E-state index in [1.54, 1.807) is 11.8 Å². The quantitative estimate of drug-likeness (QED) is 0.0552. The molecule has 0 spiro atoms. The molecule has 368 valence electrons. The Labute approximate surface area is 459 Å². The highest BCUT2D eigenvalue weighted by Crippen LogP contribution is 2.53. The first kappa shape index (κ1) is 46.8. The molecule has 0 aromatic heterocycles. The van der Waals surface area contributed by atoms with Gasteiger partial charge in [0.15, 0.2) is 0 Å². The van der Waals surface area contributed by atoms with Crippen molar-refractivity contribution in [2.45, 2.75) is 4.90 Å². The summed E-state index contributed by atoms with van der Waals surface area (Å²) in [6.45, 7) is 0. The molecule has 0 aliphatic heterocycles. The third-order valence-electron chi connectivity index (χ3n) is 15.4. The number of thioether (sulfide) groups is 1. The molecular weight excluding hydrogens is 961 g/mol. The molecule has 0 atom stereocenters. The Hall–Kier alpha value is -9.67. The van der Waals surface area contributed by atoms with Crippen LogP contribution in [0.25, 0.3) is 99.0 Å². The fourth-order valence-corrected chi connectivity index (χ4v) is 12.2. The Balaban J connectivity index is 1.07. The van der Waals surface area contributed by atoms with Crippen LogP contribution in [-0.4, -0.2) is 6.26 Å². The Bertz CT molecular complexity index is 4530. The average molecular weight is 1010 g/mol. The van der Waals surface area contributed by atoms with E-state index in [2.05, 4.69) is 313 Å². The van der Waals surface area contributed by atoms with Gasteiger partial charge in [0, 0.05) is 49.2 Å². The summed E-state index contributed by atoms with van der Waals surface area (Å²) in [6.07, 6.45) is 6.53. The molecule has 0 N–H and O–H groups in total. The van der Waals surface area contributed by atoms with Crippen LogP contribution in [0.3, 0.4) is 0 Å². The normalized spacial score (nSPS) is 11.7. The lowest BCUT2D eigenvalue weighted by molar-refractivity contribution is 1.28. The van der Waals surface area contributed by atoms with E-state index in [9.17, 15) is 0 Å². The number of hydrogen-bond donors (Lipinski definition) is 0. The van der Waals surface area contributed by atoms with Crippen LogP contribution in [0, 0.1) is 0 Å². The van der Waals surface area contributed by atoms with Crippen molar-refractivity contribution in [3.8, 4) is 22.3 Å². The summed E-state index contributed by atoms with van der Waals surface area (Å²) in [5.41, 5.74) is 13.7. The Morgan fingerprint density at radius 3 is 1.15 bits per heavy atom. The van der Waals surface area contributed by atoms with Crippen molar-refractivity contribution in [1.82, 2.24) is 0 Å². The number of fused-ring (bicyclic) bond motifs is 6. The molecule has 0 amide bonds. The molecule has 0 saturated heterocycles. The van der Waals surface area contributed by atoms with Gasteiger partial charge in [0.1, 0.15) is 0 Å². The summed E-state index contributed by atoms with van der Waals surface area (Å²) in [7, 11) is 0. The molecule has 0 heterocycles. The van der Waals surface area contributed by atoms with E-state index in [1.165, 1.54) is 75.8 Å². The molecular formula is C75H52N2S. The van der Waals surface area contributed by atoms with Gasteiger partial charge in [-0.2, -0.15) is 0 Å². The number of rotatable bonds is 11. The van der Waals surface area contributed by atoms with Crippen molar-refractivity contribution in [3.05, 3.63) is 296 Å². The van der Waals surface area contributed by atoms with Crippen molar-refractivity contribution in [3.63, 3.8) is 0 Å². The minimum atomic E-state index is 1.06. The van der Waals surface area contributed by atoms with Crippen LogP contribution < -0.4 is 9.80 Å². The summed E-state index contributed by atoms with van der Waals surface area (Å²) < 4.78 is 0. The van der Waals surface area contributed by atoms with Crippen LogP contribution in [0.5, 0.6) is 0 Å². The highest BCUT2D eigenvalue weighted by atomic mass is 32.2. The van der Waals surface area contributed by atoms with Crippen LogP contribution in [0.4, 0.5) is 34.1 Å². The number of para-hydroxylation sites is 1. The molecule has 3 heteroatoms. The Kier molecular flexibility index (Phi) is 12.1. The number of hydrogen-bond acceptors (Lipinski definition) is 3. The van der Waals surface area contributed by atoms with Gasteiger partial charge in [-0.15, -0.1) is 11.8 Å². The van der Waals surface area contributed by atoms with Crippen molar-refractivity contribution in [2.75, 3.05) is 16.1 Å². The fourth-order valence-electron chi connectivity index (χ4n) is 11.8. The summed E-state index contributed by atoms with van der Waals surface area (Å²) >= 11 is 1.76. The van der Waals surface area contributed by atoms with Gasteiger partial charge in [-0.05, 0) is 156 Å². The van der Waals surface area contributed by atoms with Crippen molar-refractivity contribution < 1.29 is 0 Å². The minimum Gasteiger partial charge on any atom is -0.309 e. The first-order valence-corrected chi connectivity index (χ1v) is 27.9. The van der Waals surface area contributed by atoms with Crippen molar-refractivity contribution in [2.24, 2.45) is 0 Å². The highest BCUT2D eigenvalue weighted by molar-refractivity contribution is 7.98. The fraction of sp³-hybridized carbons (Fsp3) is 0.0133. The predicted octanol–water partition coefficient (Wildman–Crippen LogP) is 21.8. The second kappa shape index (κ2) is 20.1. The van der Waals surface area contributed by atoms with Crippen molar-refractivity contribution >= 4 is 123 Å². The van der Waals surface area contributed by atoms with E-state index in [1.807, 2.05) is 0 Å². The van der Waals surface area contributed by atoms with Gasteiger partial charge in [0.2, 0.25) is 0 Å². The second-order valence-corrected chi connectivity index (χ2v) is 20.9. The molecule has 14 aromatic rings. The van der Waals surface area contributed by atoms with Crippen LogP contribution in [0.2, 0.25) is 0 Å². The van der Waals surface area contributed by atoms with Gasteiger partial charge in [-0.1, -0.05) is 224 Å². The summed E-state index contributed by atoms with van der Waals surface area (Å²) in [6, 6.07) is 105. The predicted molar refractivity (Wildman–Crippen MR) is 339 cm³/mol. The zero-order valence-corrected chi connectivity index (χ0v) is 43.9. The maximum absolute atomic E-state index is 2.52. The first-order chi connectivity index (χ1) is 38.6. The third-order valence-corrected chi connectivity index (χ3v) is 16.2. The summed E-state index contributed by atoms with van der Waals surface area (Å²) in [5, 5.41) is 14.3. The van der Waals surface area contributed by atoms with E-state index in [0.717, 1.165) is 61.2 Å². The van der Waals surface area contributed by atoms with Gasteiger partial charge in [-0.3, -0.25) is 0 Å². The SMILES string of the molecule is CSc1ccc(N(c2ccccc2)c2c3ccccc3c(N(c3ccc(/C=C/c4ccccc4)cc3)c3ccc4c(-c5ccc6ccccc6c5)c5ccccc5c(-c5ccc6ccccc6c5)c4c3)c3ccccc23)cc1. The van der Waals surface area contributed by atoms with E-state index in [4.69, 9.17) is 0 Å². The smallest absolute Gasteiger partial charge is 0.0619 e. The topological polar surface area (TPSA) is 6.48 Å². The number of nitrogens with zero attached hydrogens (tertiary/aromatic N) is 2. The van der Waals surface area contributed by atoms with Gasteiger partial charge < -0.3 is 9.80 Å². The molecule has 0 bridgehead atoms. The van der Waals surface area contributed by atoms with Crippen LogP contribution in [0.15, 0.2) is 290 Å². The first-order valence-electron chi connectivity index (χ1n) is 26.7. The lowest BCUT2D eigenvalue weighted by Gasteiger charge is -2.33.